The second-order valence-electron chi connectivity index (χ2n) is 5.11. The SMILES string of the molecule is CCCNC(c1cc(F)cc(F)c1)c1cc(C)ccc1Br. The van der Waals surface area contributed by atoms with Crippen LogP contribution in [0.15, 0.2) is 40.9 Å². The van der Waals surface area contributed by atoms with Crippen LogP contribution in [-0.2, 0) is 0 Å². The summed E-state index contributed by atoms with van der Waals surface area (Å²) in [7, 11) is 0. The van der Waals surface area contributed by atoms with Gasteiger partial charge >= 0.3 is 0 Å². The van der Waals surface area contributed by atoms with E-state index in [1.54, 1.807) is 0 Å². The lowest BCUT2D eigenvalue weighted by molar-refractivity contribution is 0.558. The molecule has 1 unspecified atom stereocenters. The van der Waals surface area contributed by atoms with Gasteiger partial charge in [0.05, 0.1) is 6.04 Å². The Hall–Kier alpha value is -1.26. The third-order valence-corrected chi connectivity index (χ3v) is 4.00. The maximum Gasteiger partial charge on any atom is 0.126 e. The predicted octanol–water partition coefficient (Wildman–Crippen LogP) is 5.12. The van der Waals surface area contributed by atoms with Crippen LogP contribution < -0.4 is 5.32 Å². The van der Waals surface area contributed by atoms with Gasteiger partial charge in [0.1, 0.15) is 11.6 Å². The number of rotatable bonds is 5. The topological polar surface area (TPSA) is 12.0 Å². The van der Waals surface area contributed by atoms with Crippen LogP contribution in [0, 0.1) is 18.6 Å². The minimum absolute atomic E-state index is 0.246. The highest BCUT2D eigenvalue weighted by atomic mass is 79.9. The summed E-state index contributed by atoms with van der Waals surface area (Å²) >= 11 is 3.53. The monoisotopic (exact) mass is 353 g/mol. The van der Waals surface area contributed by atoms with E-state index in [4.69, 9.17) is 0 Å². The van der Waals surface area contributed by atoms with Crippen molar-refractivity contribution in [1.82, 2.24) is 5.32 Å². The molecule has 0 saturated heterocycles. The largest absolute Gasteiger partial charge is 0.306 e. The molecule has 0 aromatic heterocycles. The molecule has 112 valence electrons. The van der Waals surface area contributed by atoms with Crippen molar-refractivity contribution in [2.75, 3.05) is 6.54 Å². The van der Waals surface area contributed by atoms with E-state index in [9.17, 15) is 8.78 Å². The van der Waals surface area contributed by atoms with Crippen molar-refractivity contribution in [1.29, 1.82) is 0 Å². The van der Waals surface area contributed by atoms with Crippen LogP contribution in [-0.4, -0.2) is 6.54 Å². The lowest BCUT2D eigenvalue weighted by Crippen LogP contribution is -2.24. The van der Waals surface area contributed by atoms with Crippen molar-refractivity contribution in [2.45, 2.75) is 26.3 Å². The Bertz CT molecular complexity index is 608. The minimum atomic E-state index is -0.558. The van der Waals surface area contributed by atoms with Gasteiger partial charge in [0, 0.05) is 10.5 Å². The molecule has 0 bridgehead atoms. The molecule has 1 nitrogen and oxygen atoms in total. The van der Waals surface area contributed by atoms with Gasteiger partial charge in [0.15, 0.2) is 0 Å². The summed E-state index contributed by atoms with van der Waals surface area (Å²) in [6.07, 6.45) is 0.942. The van der Waals surface area contributed by atoms with Crippen molar-refractivity contribution >= 4 is 15.9 Å². The maximum atomic E-state index is 13.5. The Morgan fingerprint density at radius 2 is 1.76 bits per heavy atom. The summed E-state index contributed by atoms with van der Waals surface area (Å²) in [6.45, 7) is 4.82. The molecular formula is C17H18BrF2N. The quantitative estimate of drug-likeness (QED) is 0.785. The molecule has 0 amide bonds. The van der Waals surface area contributed by atoms with Gasteiger partial charge in [-0.3, -0.25) is 0 Å². The van der Waals surface area contributed by atoms with E-state index in [1.807, 2.05) is 25.1 Å². The van der Waals surface area contributed by atoms with Gasteiger partial charge in [0.2, 0.25) is 0 Å². The second kappa shape index (κ2) is 7.14. The molecule has 2 aromatic rings. The molecule has 2 rings (SSSR count). The zero-order chi connectivity index (χ0) is 15.4. The van der Waals surface area contributed by atoms with Gasteiger partial charge in [-0.15, -0.1) is 0 Å². The van der Waals surface area contributed by atoms with Crippen LogP contribution >= 0.6 is 15.9 Å². The van der Waals surface area contributed by atoms with Crippen LogP contribution in [0.25, 0.3) is 0 Å². The standard InChI is InChI=1S/C17H18BrF2N/c1-3-6-21-17(12-8-13(19)10-14(20)9-12)15-7-11(2)4-5-16(15)18/h4-5,7-10,17,21H,3,6H2,1-2H3. The Labute approximate surface area is 132 Å². The van der Waals surface area contributed by atoms with Crippen molar-refractivity contribution in [2.24, 2.45) is 0 Å². The fourth-order valence-electron chi connectivity index (χ4n) is 2.32. The summed E-state index contributed by atoms with van der Waals surface area (Å²) in [4.78, 5) is 0. The Balaban J connectivity index is 2.49. The number of halogens is 3. The first kappa shape index (κ1) is 16.1. The van der Waals surface area contributed by atoms with Crippen LogP contribution in [0.2, 0.25) is 0 Å². The number of hydrogen-bond acceptors (Lipinski definition) is 1. The maximum absolute atomic E-state index is 13.5. The molecular weight excluding hydrogens is 336 g/mol. The minimum Gasteiger partial charge on any atom is -0.306 e. The summed E-state index contributed by atoms with van der Waals surface area (Å²) in [5, 5.41) is 3.36. The number of aryl methyl sites for hydroxylation is 1. The molecule has 0 radical (unpaired) electrons. The summed E-state index contributed by atoms with van der Waals surface area (Å²) in [5.41, 5.74) is 2.68. The fourth-order valence-corrected chi connectivity index (χ4v) is 2.80. The van der Waals surface area contributed by atoms with Gasteiger partial charge in [-0.1, -0.05) is 40.5 Å². The van der Waals surface area contributed by atoms with E-state index in [1.165, 1.54) is 12.1 Å². The first-order valence-electron chi connectivity index (χ1n) is 6.96. The van der Waals surface area contributed by atoms with Crippen molar-refractivity contribution < 1.29 is 8.78 Å². The highest BCUT2D eigenvalue weighted by Gasteiger charge is 2.18. The third-order valence-electron chi connectivity index (χ3n) is 3.28. The Morgan fingerprint density at radius 1 is 1.10 bits per heavy atom. The molecule has 0 spiro atoms. The van der Waals surface area contributed by atoms with Crippen LogP contribution in [0.5, 0.6) is 0 Å². The highest BCUT2D eigenvalue weighted by molar-refractivity contribution is 9.10. The molecule has 1 atom stereocenters. The molecule has 0 fully saturated rings. The van der Waals surface area contributed by atoms with E-state index in [2.05, 4.69) is 28.2 Å². The molecule has 1 N–H and O–H groups in total. The van der Waals surface area contributed by atoms with E-state index in [0.717, 1.165) is 34.6 Å². The second-order valence-corrected chi connectivity index (χ2v) is 5.97. The van der Waals surface area contributed by atoms with E-state index in [-0.39, 0.29) is 6.04 Å². The van der Waals surface area contributed by atoms with Crippen LogP contribution in [0.4, 0.5) is 8.78 Å². The summed E-state index contributed by atoms with van der Waals surface area (Å²) in [6, 6.07) is 9.39. The van der Waals surface area contributed by atoms with Gasteiger partial charge in [-0.2, -0.15) is 0 Å². The van der Waals surface area contributed by atoms with Gasteiger partial charge < -0.3 is 5.32 Å². The molecule has 0 saturated carbocycles. The molecule has 4 heteroatoms. The van der Waals surface area contributed by atoms with Crippen LogP contribution in [0.1, 0.15) is 36.1 Å². The third kappa shape index (κ3) is 4.11. The average Bonchev–Trinajstić information content (AvgIpc) is 2.42. The molecule has 0 aliphatic carbocycles. The molecule has 0 heterocycles. The first-order chi connectivity index (χ1) is 10.0. The van der Waals surface area contributed by atoms with Crippen molar-refractivity contribution in [3.63, 3.8) is 0 Å². The molecule has 0 aliphatic heterocycles. The Morgan fingerprint density at radius 3 is 2.38 bits per heavy atom. The average molecular weight is 354 g/mol. The number of benzene rings is 2. The smallest absolute Gasteiger partial charge is 0.126 e. The lowest BCUT2D eigenvalue weighted by Gasteiger charge is -2.21. The summed E-state index contributed by atoms with van der Waals surface area (Å²) < 4.78 is 28.0. The summed E-state index contributed by atoms with van der Waals surface area (Å²) in [5.74, 6) is -1.12. The van der Waals surface area contributed by atoms with Crippen LogP contribution in [0.3, 0.4) is 0 Å². The fraction of sp³-hybridized carbons (Fsp3) is 0.294. The number of hydrogen-bond donors (Lipinski definition) is 1. The zero-order valence-electron chi connectivity index (χ0n) is 12.1. The number of nitrogens with one attached hydrogen (secondary N) is 1. The normalized spacial score (nSPS) is 12.4. The first-order valence-corrected chi connectivity index (χ1v) is 7.76. The Kier molecular flexibility index (Phi) is 5.48. The van der Waals surface area contributed by atoms with Gasteiger partial charge in [-0.05, 0) is 49.2 Å². The molecule has 21 heavy (non-hydrogen) atoms. The van der Waals surface area contributed by atoms with Gasteiger partial charge in [-0.25, -0.2) is 8.78 Å². The molecule has 0 aliphatic rings. The van der Waals surface area contributed by atoms with Gasteiger partial charge in [0.25, 0.3) is 0 Å². The molecule has 2 aromatic carbocycles. The van der Waals surface area contributed by atoms with E-state index >= 15 is 0 Å². The lowest BCUT2D eigenvalue weighted by atomic mass is 9.97. The predicted molar refractivity (Wildman–Crippen MR) is 85.4 cm³/mol. The van der Waals surface area contributed by atoms with E-state index < -0.39 is 11.6 Å². The van der Waals surface area contributed by atoms with E-state index in [0.29, 0.717) is 5.56 Å². The van der Waals surface area contributed by atoms with Crippen molar-refractivity contribution in [3.8, 4) is 0 Å². The van der Waals surface area contributed by atoms with Crippen molar-refractivity contribution in [3.05, 3.63) is 69.2 Å². The zero-order valence-corrected chi connectivity index (χ0v) is 13.7. The highest BCUT2D eigenvalue weighted by Crippen LogP contribution is 2.30.